The van der Waals surface area contributed by atoms with E-state index in [9.17, 15) is 8.42 Å². The normalized spacial score (nSPS) is 22.2. The molecule has 1 aromatic rings. The zero-order valence-corrected chi connectivity index (χ0v) is 13.7. The Bertz CT molecular complexity index is 611. The predicted octanol–water partition coefficient (Wildman–Crippen LogP) is 1.69. The van der Waals surface area contributed by atoms with E-state index in [0.717, 1.165) is 11.1 Å². The summed E-state index contributed by atoms with van der Waals surface area (Å²) in [6.45, 7) is 6.78. The summed E-state index contributed by atoms with van der Waals surface area (Å²) in [5.74, 6) is 0. The van der Waals surface area contributed by atoms with Gasteiger partial charge in [0.15, 0.2) is 0 Å². The van der Waals surface area contributed by atoms with E-state index in [0.29, 0.717) is 26.0 Å². The second kappa shape index (κ2) is 6.04. The molecule has 1 aromatic carbocycles. The van der Waals surface area contributed by atoms with Gasteiger partial charge in [0.25, 0.3) is 0 Å². The van der Waals surface area contributed by atoms with E-state index in [1.807, 2.05) is 20.8 Å². The molecule has 21 heavy (non-hydrogen) atoms. The Morgan fingerprint density at radius 1 is 1.43 bits per heavy atom. The fourth-order valence-electron chi connectivity index (χ4n) is 2.65. The quantitative estimate of drug-likeness (QED) is 0.886. The molecule has 5 nitrogen and oxygen atoms in total. The van der Waals surface area contributed by atoms with E-state index in [4.69, 9.17) is 10.5 Å². The third-order valence-electron chi connectivity index (χ3n) is 3.87. The second-order valence-electron chi connectivity index (χ2n) is 6.21. The zero-order valence-electron chi connectivity index (χ0n) is 12.8. The summed E-state index contributed by atoms with van der Waals surface area (Å²) in [4.78, 5) is 0.276. The lowest BCUT2D eigenvalue weighted by Crippen LogP contribution is -2.45. The number of sulfonamides is 1. The third kappa shape index (κ3) is 4.03. The summed E-state index contributed by atoms with van der Waals surface area (Å²) >= 11 is 0. The molecule has 0 bridgehead atoms. The van der Waals surface area contributed by atoms with Crippen LogP contribution in [0.3, 0.4) is 0 Å². The molecule has 1 fully saturated rings. The monoisotopic (exact) mass is 312 g/mol. The number of nitrogens with one attached hydrogen (secondary N) is 1. The smallest absolute Gasteiger partial charge is 0.240 e. The second-order valence-corrected chi connectivity index (χ2v) is 7.93. The molecular formula is C15H24N2O3S. The summed E-state index contributed by atoms with van der Waals surface area (Å²) in [6, 6.07) is 4.98. The lowest BCUT2D eigenvalue weighted by molar-refractivity contribution is -0.0599. The van der Waals surface area contributed by atoms with Crippen molar-refractivity contribution in [1.82, 2.24) is 4.72 Å². The summed E-state index contributed by atoms with van der Waals surface area (Å²) in [7, 11) is -3.52. The van der Waals surface area contributed by atoms with Crippen molar-refractivity contribution < 1.29 is 13.2 Å². The minimum Gasteiger partial charge on any atom is -0.375 e. The highest BCUT2D eigenvalue weighted by molar-refractivity contribution is 7.89. The Balaban J connectivity index is 2.18. The van der Waals surface area contributed by atoms with Gasteiger partial charge in [0, 0.05) is 19.2 Å². The van der Waals surface area contributed by atoms with Crippen molar-refractivity contribution >= 4 is 10.0 Å². The average molecular weight is 312 g/mol. The summed E-state index contributed by atoms with van der Waals surface area (Å²) in [5, 5.41) is 0. The molecule has 0 saturated carbocycles. The van der Waals surface area contributed by atoms with Crippen LogP contribution in [0.1, 0.15) is 37.8 Å². The van der Waals surface area contributed by atoms with Crippen LogP contribution in [-0.2, 0) is 21.3 Å². The van der Waals surface area contributed by atoms with Crippen LogP contribution in [0.4, 0.5) is 0 Å². The highest BCUT2D eigenvalue weighted by Gasteiger charge is 2.31. The lowest BCUT2D eigenvalue weighted by atomic mass is 9.95. The standard InChI is InChI=1S/C15H24N2O3S/c1-11-4-5-14(8-12(11)10-16)21(18,19)17-13-6-7-20-15(2,3)9-13/h4-5,8,13,17H,6-7,9-10,16H2,1-3H3. The Morgan fingerprint density at radius 3 is 2.76 bits per heavy atom. The minimum atomic E-state index is -3.52. The molecule has 0 aromatic heterocycles. The molecular weight excluding hydrogens is 288 g/mol. The van der Waals surface area contributed by atoms with Crippen molar-refractivity contribution in [1.29, 1.82) is 0 Å². The fourth-order valence-corrected chi connectivity index (χ4v) is 3.98. The van der Waals surface area contributed by atoms with Crippen molar-refractivity contribution in [3.8, 4) is 0 Å². The Labute approximate surface area is 126 Å². The molecule has 1 atom stereocenters. The van der Waals surface area contributed by atoms with Gasteiger partial charge < -0.3 is 10.5 Å². The topological polar surface area (TPSA) is 81.4 Å². The zero-order chi connectivity index (χ0) is 15.7. The first kappa shape index (κ1) is 16.4. The van der Waals surface area contributed by atoms with Crippen LogP contribution in [0.2, 0.25) is 0 Å². The molecule has 0 radical (unpaired) electrons. The van der Waals surface area contributed by atoms with E-state index in [2.05, 4.69) is 4.72 Å². The van der Waals surface area contributed by atoms with Crippen LogP contribution >= 0.6 is 0 Å². The first-order valence-electron chi connectivity index (χ1n) is 7.19. The van der Waals surface area contributed by atoms with Gasteiger partial charge in [-0.25, -0.2) is 13.1 Å². The van der Waals surface area contributed by atoms with Gasteiger partial charge in [-0.05, 0) is 56.9 Å². The molecule has 0 spiro atoms. The van der Waals surface area contributed by atoms with Crippen molar-refractivity contribution in [2.75, 3.05) is 6.61 Å². The number of ether oxygens (including phenoxy) is 1. The van der Waals surface area contributed by atoms with Crippen LogP contribution in [-0.4, -0.2) is 26.7 Å². The third-order valence-corrected chi connectivity index (χ3v) is 5.39. The van der Waals surface area contributed by atoms with Gasteiger partial charge in [-0.3, -0.25) is 0 Å². The van der Waals surface area contributed by atoms with Gasteiger partial charge >= 0.3 is 0 Å². The number of hydrogen-bond acceptors (Lipinski definition) is 4. The van der Waals surface area contributed by atoms with Crippen LogP contribution in [0, 0.1) is 6.92 Å². The SMILES string of the molecule is Cc1ccc(S(=O)(=O)NC2CCOC(C)(C)C2)cc1CN. The van der Waals surface area contributed by atoms with Gasteiger partial charge in [-0.1, -0.05) is 6.07 Å². The summed E-state index contributed by atoms with van der Waals surface area (Å²) in [6.07, 6.45) is 1.36. The number of rotatable bonds is 4. The van der Waals surface area contributed by atoms with Crippen LogP contribution < -0.4 is 10.5 Å². The Hall–Kier alpha value is -0.950. The molecule has 6 heteroatoms. The predicted molar refractivity (Wildman–Crippen MR) is 82.4 cm³/mol. The maximum Gasteiger partial charge on any atom is 0.240 e. The average Bonchev–Trinajstić information content (AvgIpc) is 2.37. The van der Waals surface area contributed by atoms with E-state index in [-0.39, 0.29) is 16.5 Å². The van der Waals surface area contributed by atoms with Gasteiger partial charge in [-0.2, -0.15) is 0 Å². The highest BCUT2D eigenvalue weighted by Crippen LogP contribution is 2.25. The van der Waals surface area contributed by atoms with E-state index < -0.39 is 10.0 Å². The van der Waals surface area contributed by atoms with E-state index in [1.165, 1.54) is 0 Å². The maximum atomic E-state index is 12.5. The Morgan fingerprint density at radius 2 is 2.14 bits per heavy atom. The van der Waals surface area contributed by atoms with Crippen LogP contribution in [0.25, 0.3) is 0 Å². The van der Waals surface area contributed by atoms with Crippen LogP contribution in [0.15, 0.2) is 23.1 Å². The fraction of sp³-hybridized carbons (Fsp3) is 0.600. The van der Waals surface area contributed by atoms with Crippen molar-refractivity contribution in [3.63, 3.8) is 0 Å². The van der Waals surface area contributed by atoms with E-state index in [1.54, 1.807) is 18.2 Å². The maximum absolute atomic E-state index is 12.5. The molecule has 1 unspecified atom stereocenters. The van der Waals surface area contributed by atoms with Gasteiger partial charge in [0.05, 0.1) is 10.5 Å². The summed E-state index contributed by atoms with van der Waals surface area (Å²) < 4.78 is 33.4. The van der Waals surface area contributed by atoms with Crippen molar-refractivity contribution in [2.24, 2.45) is 5.73 Å². The van der Waals surface area contributed by atoms with Gasteiger partial charge in [0.2, 0.25) is 10.0 Å². The molecule has 1 saturated heterocycles. The number of aryl methyl sites for hydroxylation is 1. The molecule has 118 valence electrons. The van der Waals surface area contributed by atoms with Gasteiger partial charge in [-0.15, -0.1) is 0 Å². The number of benzene rings is 1. The molecule has 3 N–H and O–H groups in total. The first-order chi connectivity index (χ1) is 9.73. The Kier molecular flexibility index (Phi) is 4.72. The van der Waals surface area contributed by atoms with Crippen molar-refractivity contribution in [3.05, 3.63) is 29.3 Å². The van der Waals surface area contributed by atoms with E-state index >= 15 is 0 Å². The molecule has 1 heterocycles. The molecule has 2 rings (SSSR count). The largest absolute Gasteiger partial charge is 0.375 e. The summed E-state index contributed by atoms with van der Waals surface area (Å²) in [5.41, 5.74) is 7.22. The van der Waals surface area contributed by atoms with Gasteiger partial charge in [0.1, 0.15) is 0 Å². The first-order valence-corrected chi connectivity index (χ1v) is 8.68. The molecule has 1 aliphatic rings. The molecule has 0 aliphatic carbocycles. The van der Waals surface area contributed by atoms with Crippen LogP contribution in [0.5, 0.6) is 0 Å². The highest BCUT2D eigenvalue weighted by atomic mass is 32.2. The lowest BCUT2D eigenvalue weighted by Gasteiger charge is -2.35. The minimum absolute atomic E-state index is 0.0959. The number of nitrogens with two attached hydrogens (primary N) is 1. The molecule has 1 aliphatic heterocycles. The molecule has 0 amide bonds. The van der Waals surface area contributed by atoms with Crippen molar-refractivity contribution in [2.45, 2.75) is 56.7 Å². The number of hydrogen-bond donors (Lipinski definition) is 2.